The van der Waals surface area contributed by atoms with Crippen LogP contribution in [0.3, 0.4) is 0 Å². The zero-order valence-electron chi connectivity index (χ0n) is 14.5. The molecule has 0 spiro atoms. The van der Waals surface area contributed by atoms with Crippen LogP contribution in [0.25, 0.3) is 0 Å². The Labute approximate surface area is 155 Å². The van der Waals surface area contributed by atoms with E-state index in [1.807, 2.05) is 18.2 Å². The van der Waals surface area contributed by atoms with Gasteiger partial charge in [0, 0.05) is 30.5 Å². The van der Waals surface area contributed by atoms with Crippen LogP contribution in [0.5, 0.6) is 5.75 Å². The maximum atomic E-state index is 12.1. The second-order valence-corrected chi connectivity index (χ2v) is 6.27. The lowest BCUT2D eigenvalue weighted by molar-refractivity contribution is -0.274. The third-order valence-corrected chi connectivity index (χ3v) is 4.30. The molecule has 0 bridgehead atoms. The summed E-state index contributed by atoms with van der Waals surface area (Å²) in [7, 11) is 0. The van der Waals surface area contributed by atoms with Gasteiger partial charge in [0.05, 0.1) is 0 Å². The van der Waals surface area contributed by atoms with Crippen molar-refractivity contribution >= 4 is 17.4 Å². The SMILES string of the molecule is O=C(Nc1ccc(OC(F)(F)F)cc1)NC1CCN(c2ccccc2)CC1. The van der Waals surface area contributed by atoms with E-state index in [2.05, 4.69) is 32.4 Å². The maximum Gasteiger partial charge on any atom is 0.573 e. The molecule has 1 fully saturated rings. The van der Waals surface area contributed by atoms with Gasteiger partial charge in [-0.25, -0.2) is 4.79 Å². The quantitative estimate of drug-likeness (QED) is 0.829. The van der Waals surface area contributed by atoms with Crippen molar-refractivity contribution in [3.05, 3.63) is 54.6 Å². The van der Waals surface area contributed by atoms with Crippen molar-refractivity contribution in [2.75, 3.05) is 23.3 Å². The Morgan fingerprint density at radius 2 is 1.63 bits per heavy atom. The fourth-order valence-corrected chi connectivity index (χ4v) is 3.01. The lowest BCUT2D eigenvalue weighted by atomic mass is 10.0. The number of urea groups is 1. The Balaban J connectivity index is 1.45. The monoisotopic (exact) mass is 379 g/mol. The first-order valence-corrected chi connectivity index (χ1v) is 8.62. The molecule has 0 aromatic heterocycles. The molecule has 2 amide bonds. The fourth-order valence-electron chi connectivity index (χ4n) is 3.01. The summed E-state index contributed by atoms with van der Waals surface area (Å²) in [5.41, 5.74) is 1.56. The zero-order valence-corrected chi connectivity index (χ0v) is 14.5. The average molecular weight is 379 g/mol. The number of para-hydroxylation sites is 1. The molecule has 2 N–H and O–H groups in total. The van der Waals surface area contributed by atoms with Gasteiger partial charge >= 0.3 is 12.4 Å². The number of anilines is 2. The highest BCUT2D eigenvalue weighted by Crippen LogP contribution is 2.24. The number of nitrogens with zero attached hydrogens (tertiary/aromatic N) is 1. The molecule has 0 saturated carbocycles. The predicted octanol–water partition coefficient (Wildman–Crippen LogP) is 4.38. The summed E-state index contributed by atoms with van der Waals surface area (Å²) in [5, 5.41) is 5.53. The second kappa shape index (κ2) is 8.20. The standard InChI is InChI=1S/C19H20F3N3O2/c20-19(21,22)27-17-8-6-14(7-9-17)23-18(26)24-15-10-12-25(13-11-15)16-4-2-1-3-5-16/h1-9,15H,10-13H2,(H2,23,24,26). The summed E-state index contributed by atoms with van der Waals surface area (Å²) in [5.74, 6) is -0.332. The van der Waals surface area contributed by atoms with E-state index in [1.165, 1.54) is 17.8 Å². The molecule has 2 aromatic carbocycles. The number of alkyl halides is 3. The van der Waals surface area contributed by atoms with Gasteiger partial charge in [-0.15, -0.1) is 13.2 Å². The first kappa shape index (κ1) is 18.9. The number of amides is 2. The number of carbonyl (C=O) groups excluding carboxylic acids is 1. The van der Waals surface area contributed by atoms with Crippen molar-refractivity contribution in [2.24, 2.45) is 0 Å². The summed E-state index contributed by atoms with van der Waals surface area (Å²) in [4.78, 5) is 14.4. The molecule has 0 radical (unpaired) electrons. The Kier molecular flexibility index (Phi) is 5.73. The van der Waals surface area contributed by atoms with Gasteiger partial charge < -0.3 is 20.3 Å². The van der Waals surface area contributed by atoms with Crippen LogP contribution >= 0.6 is 0 Å². The number of halogens is 3. The van der Waals surface area contributed by atoms with Crippen LogP contribution in [0.4, 0.5) is 29.3 Å². The number of ether oxygens (including phenoxy) is 1. The molecule has 1 aliphatic heterocycles. The highest BCUT2D eigenvalue weighted by Gasteiger charge is 2.31. The van der Waals surface area contributed by atoms with Crippen molar-refractivity contribution < 1.29 is 22.7 Å². The number of hydrogen-bond donors (Lipinski definition) is 2. The molecule has 1 saturated heterocycles. The van der Waals surface area contributed by atoms with Crippen LogP contribution in [0, 0.1) is 0 Å². The molecule has 0 aliphatic carbocycles. The zero-order chi connectivity index (χ0) is 19.3. The molecule has 144 valence electrons. The van der Waals surface area contributed by atoms with E-state index in [0.717, 1.165) is 38.1 Å². The predicted molar refractivity (Wildman–Crippen MR) is 97.0 cm³/mol. The molecular formula is C19H20F3N3O2. The largest absolute Gasteiger partial charge is 0.573 e. The van der Waals surface area contributed by atoms with Crippen molar-refractivity contribution in [1.82, 2.24) is 5.32 Å². The van der Waals surface area contributed by atoms with Gasteiger partial charge in [-0.1, -0.05) is 18.2 Å². The molecule has 8 heteroatoms. The lowest BCUT2D eigenvalue weighted by Gasteiger charge is -2.33. The van der Waals surface area contributed by atoms with Crippen LogP contribution < -0.4 is 20.3 Å². The third kappa shape index (κ3) is 5.80. The van der Waals surface area contributed by atoms with Gasteiger partial charge in [0.15, 0.2) is 0 Å². The maximum absolute atomic E-state index is 12.1. The molecule has 1 heterocycles. The van der Waals surface area contributed by atoms with E-state index in [0.29, 0.717) is 5.69 Å². The molecule has 3 rings (SSSR count). The Morgan fingerprint density at radius 1 is 1.00 bits per heavy atom. The average Bonchev–Trinajstić information content (AvgIpc) is 2.63. The van der Waals surface area contributed by atoms with Crippen molar-refractivity contribution in [3.63, 3.8) is 0 Å². The molecule has 5 nitrogen and oxygen atoms in total. The van der Waals surface area contributed by atoms with Gasteiger partial charge in [0.1, 0.15) is 5.75 Å². The Morgan fingerprint density at radius 3 is 2.22 bits per heavy atom. The molecule has 0 atom stereocenters. The smallest absolute Gasteiger partial charge is 0.406 e. The number of benzene rings is 2. The van der Waals surface area contributed by atoms with E-state index in [9.17, 15) is 18.0 Å². The summed E-state index contributed by atoms with van der Waals surface area (Å²) < 4.78 is 40.2. The van der Waals surface area contributed by atoms with E-state index in [4.69, 9.17) is 0 Å². The van der Waals surface area contributed by atoms with Gasteiger partial charge in [-0.05, 0) is 49.2 Å². The number of hydrogen-bond acceptors (Lipinski definition) is 3. The highest BCUT2D eigenvalue weighted by molar-refractivity contribution is 5.89. The summed E-state index contributed by atoms with van der Waals surface area (Å²) in [6.07, 6.45) is -3.09. The minimum absolute atomic E-state index is 0.0535. The molecule has 2 aromatic rings. The summed E-state index contributed by atoms with van der Waals surface area (Å²) in [6.45, 7) is 1.69. The van der Waals surface area contributed by atoms with Gasteiger partial charge in [0.2, 0.25) is 0 Å². The molecule has 27 heavy (non-hydrogen) atoms. The van der Waals surface area contributed by atoms with Crippen molar-refractivity contribution in [2.45, 2.75) is 25.2 Å². The van der Waals surface area contributed by atoms with Crippen molar-refractivity contribution in [3.8, 4) is 5.75 Å². The van der Waals surface area contributed by atoms with Crippen LogP contribution in [-0.4, -0.2) is 31.5 Å². The lowest BCUT2D eigenvalue weighted by Crippen LogP contribution is -2.46. The van der Waals surface area contributed by atoms with E-state index >= 15 is 0 Å². The van der Waals surface area contributed by atoms with Crippen LogP contribution in [0.1, 0.15) is 12.8 Å². The van der Waals surface area contributed by atoms with Gasteiger partial charge in [0.25, 0.3) is 0 Å². The Hall–Kier alpha value is -2.90. The highest BCUT2D eigenvalue weighted by atomic mass is 19.4. The molecule has 0 unspecified atom stereocenters. The van der Waals surface area contributed by atoms with Crippen LogP contribution in [0.15, 0.2) is 54.6 Å². The normalized spacial score (nSPS) is 15.3. The molecular weight excluding hydrogens is 359 g/mol. The summed E-state index contributed by atoms with van der Waals surface area (Å²) in [6, 6.07) is 14.8. The van der Waals surface area contributed by atoms with E-state index in [-0.39, 0.29) is 17.8 Å². The topological polar surface area (TPSA) is 53.6 Å². The van der Waals surface area contributed by atoms with E-state index < -0.39 is 6.36 Å². The number of rotatable bonds is 4. The number of carbonyl (C=O) groups is 1. The first-order chi connectivity index (χ1) is 12.9. The van der Waals surface area contributed by atoms with Crippen LogP contribution in [0.2, 0.25) is 0 Å². The van der Waals surface area contributed by atoms with Crippen molar-refractivity contribution in [1.29, 1.82) is 0 Å². The number of piperidine rings is 1. The van der Waals surface area contributed by atoms with Crippen LogP contribution in [-0.2, 0) is 0 Å². The third-order valence-electron chi connectivity index (χ3n) is 4.30. The van der Waals surface area contributed by atoms with Gasteiger partial charge in [-0.2, -0.15) is 0 Å². The fraction of sp³-hybridized carbons (Fsp3) is 0.316. The molecule has 1 aliphatic rings. The minimum atomic E-state index is -4.74. The van der Waals surface area contributed by atoms with E-state index in [1.54, 1.807) is 0 Å². The summed E-state index contributed by atoms with van der Waals surface area (Å²) >= 11 is 0. The Bertz CT molecular complexity index is 743. The number of nitrogens with one attached hydrogen (secondary N) is 2. The van der Waals surface area contributed by atoms with Gasteiger partial charge in [-0.3, -0.25) is 0 Å². The minimum Gasteiger partial charge on any atom is -0.406 e. The first-order valence-electron chi connectivity index (χ1n) is 8.62. The second-order valence-electron chi connectivity index (χ2n) is 6.27.